The first-order valence-electron chi connectivity index (χ1n) is 7.04. The Balaban J connectivity index is 2.35. The number of nitriles is 1. The van der Waals surface area contributed by atoms with Gasteiger partial charge in [0.2, 0.25) is 0 Å². The zero-order valence-corrected chi connectivity index (χ0v) is 13.9. The van der Waals surface area contributed by atoms with Crippen molar-refractivity contribution in [2.45, 2.75) is 17.7 Å². The summed E-state index contributed by atoms with van der Waals surface area (Å²) in [4.78, 5) is -0.259. The van der Waals surface area contributed by atoms with Crippen LogP contribution in [0.5, 0.6) is 0 Å². The first kappa shape index (κ1) is 18.3. The second-order valence-corrected chi connectivity index (χ2v) is 6.60. The van der Waals surface area contributed by atoms with Crippen LogP contribution in [0.4, 0.5) is 17.6 Å². The fourth-order valence-corrected chi connectivity index (χ4v) is 3.01. The second-order valence-electron chi connectivity index (χ2n) is 5.28. The van der Waals surface area contributed by atoms with E-state index in [1.54, 1.807) is 38.4 Å². The Hall–Kier alpha value is -2.04. The second kappa shape index (κ2) is 7.69. The molecule has 2 rings (SSSR count). The summed E-state index contributed by atoms with van der Waals surface area (Å²) in [7, 11) is 3.18. The summed E-state index contributed by atoms with van der Waals surface area (Å²) >= 11 is 0.799. The summed E-state index contributed by atoms with van der Waals surface area (Å²) in [5, 5.41) is 8.75. The molecule has 0 atom stereocenters. The van der Waals surface area contributed by atoms with Crippen molar-refractivity contribution in [2.24, 2.45) is 0 Å². The largest absolute Gasteiger partial charge is 0.252 e. The Morgan fingerprint density at radius 1 is 0.917 bits per heavy atom. The average Bonchev–Trinajstić information content (AvgIpc) is 2.57. The molecular formula is C17H14F4N2S. The van der Waals surface area contributed by atoms with Crippen molar-refractivity contribution in [2.75, 3.05) is 14.1 Å². The molecule has 0 spiro atoms. The molecule has 0 bridgehead atoms. The molecule has 0 aliphatic carbocycles. The van der Waals surface area contributed by atoms with E-state index in [2.05, 4.69) is 0 Å². The Labute approximate surface area is 141 Å². The molecule has 0 fully saturated rings. The van der Waals surface area contributed by atoms with Gasteiger partial charge in [0.15, 0.2) is 23.3 Å². The summed E-state index contributed by atoms with van der Waals surface area (Å²) in [5.41, 5.74) is 1.06. The standard InChI is InChI=1S/C17H14F4N2S/c1-23(2)24-17-12(13(18)14(19)15(20)16(17)21)8-7-10-3-5-11(9-22)6-4-10/h3-6H,7-8H2,1-2H3. The SMILES string of the molecule is CN(C)Sc1c(F)c(F)c(F)c(F)c1CCc1ccc(C#N)cc1. The molecule has 0 amide bonds. The number of nitrogens with zero attached hydrogens (tertiary/aromatic N) is 2. The summed E-state index contributed by atoms with van der Waals surface area (Å²) < 4.78 is 56.6. The molecule has 2 aromatic carbocycles. The van der Waals surface area contributed by atoms with Gasteiger partial charge in [-0.15, -0.1) is 0 Å². The van der Waals surface area contributed by atoms with Crippen molar-refractivity contribution in [1.82, 2.24) is 4.31 Å². The molecule has 2 nitrogen and oxygen atoms in total. The number of hydrogen-bond acceptors (Lipinski definition) is 3. The molecule has 126 valence electrons. The van der Waals surface area contributed by atoms with Gasteiger partial charge >= 0.3 is 0 Å². The molecule has 0 saturated carbocycles. The van der Waals surface area contributed by atoms with Gasteiger partial charge in [-0.3, -0.25) is 4.31 Å². The lowest BCUT2D eigenvalue weighted by atomic mass is 10.0. The van der Waals surface area contributed by atoms with Crippen LogP contribution < -0.4 is 0 Å². The third-order valence-electron chi connectivity index (χ3n) is 3.34. The molecule has 0 aliphatic rings. The van der Waals surface area contributed by atoms with Gasteiger partial charge < -0.3 is 0 Å². The Kier molecular flexibility index (Phi) is 5.86. The number of rotatable bonds is 5. The lowest BCUT2D eigenvalue weighted by molar-refractivity contribution is 0.391. The molecular weight excluding hydrogens is 340 g/mol. The van der Waals surface area contributed by atoms with Gasteiger partial charge in [0.1, 0.15) is 0 Å². The van der Waals surface area contributed by atoms with Gasteiger partial charge in [-0.25, -0.2) is 17.6 Å². The molecule has 0 radical (unpaired) electrons. The quantitative estimate of drug-likeness (QED) is 0.343. The summed E-state index contributed by atoms with van der Waals surface area (Å²) in [6.45, 7) is 0. The van der Waals surface area contributed by atoms with E-state index in [9.17, 15) is 17.6 Å². The highest BCUT2D eigenvalue weighted by Crippen LogP contribution is 2.33. The van der Waals surface area contributed by atoms with Crippen molar-refractivity contribution in [1.29, 1.82) is 5.26 Å². The number of halogens is 4. The van der Waals surface area contributed by atoms with E-state index in [0.29, 0.717) is 12.0 Å². The molecule has 0 N–H and O–H groups in total. The summed E-state index contributed by atoms with van der Waals surface area (Å²) in [6.07, 6.45) is 0.302. The van der Waals surface area contributed by atoms with Gasteiger partial charge in [0.25, 0.3) is 0 Å². The third-order valence-corrected chi connectivity index (χ3v) is 4.31. The minimum Gasteiger partial charge on any atom is -0.252 e. The Morgan fingerprint density at radius 2 is 1.50 bits per heavy atom. The van der Waals surface area contributed by atoms with Crippen molar-refractivity contribution in [3.8, 4) is 6.07 Å². The topological polar surface area (TPSA) is 27.0 Å². The van der Waals surface area contributed by atoms with Gasteiger partial charge in [-0.2, -0.15) is 5.26 Å². The van der Waals surface area contributed by atoms with Crippen LogP contribution in [-0.2, 0) is 12.8 Å². The van der Waals surface area contributed by atoms with Gasteiger partial charge in [-0.05, 0) is 56.6 Å². The predicted octanol–water partition coefficient (Wildman–Crippen LogP) is 4.47. The maximum atomic E-state index is 14.1. The third kappa shape index (κ3) is 3.89. The number of hydrogen-bond donors (Lipinski definition) is 0. The van der Waals surface area contributed by atoms with Gasteiger partial charge in [-0.1, -0.05) is 12.1 Å². The molecule has 0 heterocycles. The molecule has 0 saturated heterocycles. The Morgan fingerprint density at radius 3 is 2.04 bits per heavy atom. The lowest BCUT2D eigenvalue weighted by Crippen LogP contribution is -2.10. The van der Waals surface area contributed by atoms with E-state index in [-0.39, 0.29) is 16.9 Å². The zero-order chi connectivity index (χ0) is 17.9. The highest BCUT2D eigenvalue weighted by Gasteiger charge is 2.25. The van der Waals surface area contributed by atoms with Crippen molar-refractivity contribution in [3.63, 3.8) is 0 Å². The molecule has 7 heteroatoms. The van der Waals surface area contributed by atoms with Crippen LogP contribution in [0.25, 0.3) is 0 Å². The fourth-order valence-electron chi connectivity index (χ4n) is 2.17. The van der Waals surface area contributed by atoms with Crippen LogP contribution in [0.2, 0.25) is 0 Å². The monoisotopic (exact) mass is 354 g/mol. The highest BCUT2D eigenvalue weighted by molar-refractivity contribution is 7.97. The lowest BCUT2D eigenvalue weighted by Gasteiger charge is -2.16. The molecule has 24 heavy (non-hydrogen) atoms. The predicted molar refractivity (Wildman–Crippen MR) is 84.4 cm³/mol. The van der Waals surface area contributed by atoms with Crippen LogP contribution in [-0.4, -0.2) is 18.4 Å². The highest BCUT2D eigenvalue weighted by atomic mass is 32.2. The van der Waals surface area contributed by atoms with E-state index in [1.807, 2.05) is 6.07 Å². The maximum absolute atomic E-state index is 14.1. The first-order valence-corrected chi connectivity index (χ1v) is 7.81. The minimum atomic E-state index is -1.81. The number of aryl methyl sites for hydroxylation is 1. The van der Waals surface area contributed by atoms with E-state index < -0.39 is 23.3 Å². The van der Waals surface area contributed by atoms with Crippen LogP contribution in [0.3, 0.4) is 0 Å². The molecule has 0 aromatic heterocycles. The van der Waals surface area contributed by atoms with Crippen LogP contribution in [0, 0.1) is 34.6 Å². The number of benzene rings is 2. The van der Waals surface area contributed by atoms with Crippen molar-refractivity contribution < 1.29 is 17.6 Å². The van der Waals surface area contributed by atoms with Crippen LogP contribution >= 0.6 is 11.9 Å². The Bertz CT molecular complexity index is 783. The summed E-state index contributed by atoms with van der Waals surface area (Å²) in [5.74, 6) is -6.36. The van der Waals surface area contributed by atoms with Gasteiger partial charge in [0, 0.05) is 5.56 Å². The van der Waals surface area contributed by atoms with Crippen molar-refractivity contribution >= 4 is 11.9 Å². The molecule has 0 aliphatic heterocycles. The average molecular weight is 354 g/mol. The smallest absolute Gasteiger partial charge is 0.198 e. The minimum absolute atomic E-state index is 0.00201. The zero-order valence-electron chi connectivity index (χ0n) is 13.0. The van der Waals surface area contributed by atoms with Gasteiger partial charge in [0.05, 0.1) is 16.5 Å². The van der Waals surface area contributed by atoms with E-state index in [0.717, 1.165) is 17.5 Å². The van der Waals surface area contributed by atoms with Crippen LogP contribution in [0.15, 0.2) is 29.2 Å². The fraction of sp³-hybridized carbons (Fsp3) is 0.235. The molecule has 0 unspecified atom stereocenters. The first-order chi connectivity index (χ1) is 11.3. The van der Waals surface area contributed by atoms with Crippen LogP contribution in [0.1, 0.15) is 16.7 Å². The maximum Gasteiger partial charge on any atom is 0.198 e. The van der Waals surface area contributed by atoms with E-state index in [4.69, 9.17) is 5.26 Å². The van der Waals surface area contributed by atoms with Crippen molar-refractivity contribution in [3.05, 3.63) is 64.2 Å². The molecule has 2 aromatic rings. The summed E-state index contributed by atoms with van der Waals surface area (Å²) in [6, 6.07) is 8.56. The normalized spacial score (nSPS) is 10.9. The van der Waals surface area contributed by atoms with E-state index in [1.165, 1.54) is 4.31 Å². The van der Waals surface area contributed by atoms with E-state index >= 15 is 0 Å².